The molecule has 4 nitrogen and oxygen atoms in total. The molecular weight excluding hydrogens is 397 g/mol. The number of benzene rings is 2. The molecule has 1 aliphatic heterocycles. The third kappa shape index (κ3) is 4.90. The van der Waals surface area contributed by atoms with Gasteiger partial charge in [-0.1, -0.05) is 30.3 Å². The molecule has 2 atom stereocenters. The molecule has 0 aliphatic carbocycles. The average Bonchev–Trinajstić information content (AvgIpc) is 2.99. The van der Waals surface area contributed by atoms with Gasteiger partial charge in [-0.2, -0.15) is 13.2 Å². The molecular formula is C20H16F5NO3. The highest BCUT2D eigenvalue weighted by Crippen LogP contribution is 2.39. The molecule has 0 radical (unpaired) electrons. The number of rotatable bonds is 5. The molecule has 1 aliphatic rings. The number of halogens is 5. The van der Waals surface area contributed by atoms with Crippen LogP contribution in [-0.2, 0) is 16.0 Å². The number of nitrogens with zero attached hydrogens (tertiary/aromatic N) is 1. The predicted octanol–water partition coefficient (Wildman–Crippen LogP) is 4.59. The number of amides is 2. The summed E-state index contributed by atoms with van der Waals surface area (Å²) in [5.74, 6) is -5.97. The second kappa shape index (κ2) is 8.18. The monoisotopic (exact) mass is 413 g/mol. The molecule has 9 heteroatoms. The van der Waals surface area contributed by atoms with Gasteiger partial charge in [0.05, 0.1) is 12.0 Å². The normalized spacial score (nSPS) is 17.9. The minimum Gasteiger partial charge on any atom is -0.447 e. The lowest BCUT2D eigenvalue weighted by molar-refractivity contribution is -0.160. The molecule has 0 aromatic heterocycles. The van der Waals surface area contributed by atoms with Gasteiger partial charge in [0.1, 0.15) is 18.2 Å². The number of ether oxygens (including phenoxy) is 1. The molecule has 1 fully saturated rings. The van der Waals surface area contributed by atoms with Crippen molar-refractivity contribution in [2.75, 3.05) is 6.61 Å². The Hall–Kier alpha value is -2.97. The second-order valence-electron chi connectivity index (χ2n) is 6.69. The summed E-state index contributed by atoms with van der Waals surface area (Å²) in [4.78, 5) is 25.2. The Morgan fingerprint density at radius 1 is 1.10 bits per heavy atom. The molecule has 2 aromatic rings. The first-order valence-corrected chi connectivity index (χ1v) is 8.70. The summed E-state index contributed by atoms with van der Waals surface area (Å²) >= 11 is 0. The molecule has 0 unspecified atom stereocenters. The molecule has 2 amide bonds. The zero-order valence-corrected chi connectivity index (χ0v) is 15.0. The van der Waals surface area contributed by atoms with Crippen LogP contribution in [0.5, 0.6) is 0 Å². The second-order valence-corrected chi connectivity index (χ2v) is 6.69. The first-order valence-electron chi connectivity index (χ1n) is 8.70. The zero-order chi connectivity index (χ0) is 21.2. The first kappa shape index (κ1) is 20.8. The molecule has 1 saturated heterocycles. The summed E-state index contributed by atoms with van der Waals surface area (Å²) in [6, 6.07) is 9.49. The maximum atomic E-state index is 13.5. The summed E-state index contributed by atoms with van der Waals surface area (Å²) in [6.45, 7) is -0.148. The lowest BCUT2D eigenvalue weighted by Crippen LogP contribution is -2.42. The lowest BCUT2D eigenvalue weighted by Gasteiger charge is -2.24. The van der Waals surface area contributed by atoms with Gasteiger partial charge in [-0.05, 0) is 29.7 Å². The number of cyclic esters (lactones) is 1. The van der Waals surface area contributed by atoms with E-state index in [0.717, 1.165) is 5.56 Å². The lowest BCUT2D eigenvalue weighted by atomic mass is 9.93. The van der Waals surface area contributed by atoms with Crippen LogP contribution in [0.15, 0.2) is 48.5 Å². The fourth-order valence-corrected chi connectivity index (χ4v) is 3.27. The van der Waals surface area contributed by atoms with E-state index in [4.69, 9.17) is 4.74 Å². The summed E-state index contributed by atoms with van der Waals surface area (Å²) in [6.07, 6.45) is -6.95. The molecule has 0 N–H and O–H groups in total. The Bertz CT molecular complexity index is 880. The molecule has 1 heterocycles. The number of alkyl halides is 3. The van der Waals surface area contributed by atoms with Crippen LogP contribution in [-0.4, -0.2) is 35.7 Å². The van der Waals surface area contributed by atoms with Crippen molar-refractivity contribution in [2.45, 2.75) is 31.0 Å². The van der Waals surface area contributed by atoms with Crippen molar-refractivity contribution in [3.63, 3.8) is 0 Å². The smallest absolute Gasteiger partial charge is 0.416 e. The van der Waals surface area contributed by atoms with Crippen LogP contribution in [0.25, 0.3) is 0 Å². The maximum absolute atomic E-state index is 13.5. The van der Waals surface area contributed by atoms with E-state index in [1.165, 1.54) is 0 Å². The molecule has 2 aromatic carbocycles. The van der Waals surface area contributed by atoms with Crippen molar-refractivity contribution >= 4 is 12.0 Å². The topological polar surface area (TPSA) is 46.6 Å². The van der Waals surface area contributed by atoms with Crippen LogP contribution in [0.1, 0.15) is 23.5 Å². The molecule has 3 rings (SSSR count). The van der Waals surface area contributed by atoms with E-state index in [0.29, 0.717) is 23.1 Å². The van der Waals surface area contributed by atoms with Gasteiger partial charge in [0.2, 0.25) is 5.91 Å². The summed E-state index contributed by atoms with van der Waals surface area (Å²) in [5, 5.41) is 0. The number of carbonyl (C=O) groups is 2. The van der Waals surface area contributed by atoms with E-state index in [-0.39, 0.29) is 13.0 Å². The highest BCUT2D eigenvalue weighted by atomic mass is 19.4. The Balaban J connectivity index is 1.83. The van der Waals surface area contributed by atoms with E-state index in [1.54, 1.807) is 30.3 Å². The van der Waals surface area contributed by atoms with Gasteiger partial charge in [0.15, 0.2) is 0 Å². The Kier molecular flexibility index (Phi) is 5.86. The molecule has 154 valence electrons. The van der Waals surface area contributed by atoms with Crippen molar-refractivity contribution < 1.29 is 36.3 Å². The molecule has 0 saturated carbocycles. The quantitative estimate of drug-likeness (QED) is 0.674. The van der Waals surface area contributed by atoms with Gasteiger partial charge in [-0.3, -0.25) is 4.79 Å². The minimum atomic E-state index is -4.95. The van der Waals surface area contributed by atoms with Gasteiger partial charge in [0.25, 0.3) is 0 Å². The number of imide groups is 1. The highest BCUT2D eigenvalue weighted by Gasteiger charge is 2.46. The number of hydrogen-bond donors (Lipinski definition) is 0. The van der Waals surface area contributed by atoms with Crippen LogP contribution in [0.4, 0.5) is 26.7 Å². The fourth-order valence-electron chi connectivity index (χ4n) is 3.27. The summed E-state index contributed by atoms with van der Waals surface area (Å²) in [7, 11) is 0. The predicted molar refractivity (Wildman–Crippen MR) is 91.9 cm³/mol. The van der Waals surface area contributed by atoms with E-state index in [1.807, 2.05) is 0 Å². The van der Waals surface area contributed by atoms with Gasteiger partial charge in [-0.15, -0.1) is 0 Å². The van der Waals surface area contributed by atoms with E-state index < -0.39 is 53.8 Å². The molecule has 0 spiro atoms. The zero-order valence-electron chi connectivity index (χ0n) is 15.0. The largest absolute Gasteiger partial charge is 0.447 e. The minimum absolute atomic E-state index is 0.148. The Morgan fingerprint density at radius 2 is 1.72 bits per heavy atom. The highest BCUT2D eigenvalue weighted by molar-refractivity contribution is 5.94. The summed E-state index contributed by atoms with van der Waals surface area (Å²) < 4.78 is 72.2. The number of carbonyl (C=O) groups excluding carboxylic acids is 2. The van der Waals surface area contributed by atoms with Crippen molar-refractivity contribution in [2.24, 2.45) is 0 Å². The SMILES string of the molecule is O=C(C[C@H](c1cc(F)cc(F)c1)C(F)(F)F)N1C(=O)OC[C@H]1Cc1ccccc1. The average molecular weight is 413 g/mol. The van der Waals surface area contributed by atoms with Crippen LogP contribution in [0, 0.1) is 11.6 Å². The Labute approximate surface area is 162 Å². The maximum Gasteiger partial charge on any atom is 0.416 e. The third-order valence-electron chi connectivity index (χ3n) is 4.61. The van der Waals surface area contributed by atoms with Gasteiger partial charge < -0.3 is 4.74 Å². The van der Waals surface area contributed by atoms with Gasteiger partial charge in [-0.25, -0.2) is 18.5 Å². The van der Waals surface area contributed by atoms with Crippen LogP contribution < -0.4 is 0 Å². The van der Waals surface area contributed by atoms with Crippen LogP contribution in [0.2, 0.25) is 0 Å². The Morgan fingerprint density at radius 3 is 2.31 bits per heavy atom. The van der Waals surface area contributed by atoms with Crippen molar-refractivity contribution in [1.82, 2.24) is 4.90 Å². The molecule has 0 bridgehead atoms. The van der Waals surface area contributed by atoms with Gasteiger partial charge >= 0.3 is 12.3 Å². The van der Waals surface area contributed by atoms with Gasteiger partial charge in [0, 0.05) is 12.5 Å². The standard InChI is InChI=1S/C20H16F5NO3/c21-14-7-13(8-15(22)9-14)17(20(23,24)25)10-18(27)26-16(11-29-19(26)28)6-12-4-2-1-3-5-12/h1-5,7-9,16-17H,6,10-11H2/t16-,17-/m1/s1. The van der Waals surface area contributed by atoms with E-state index in [9.17, 15) is 31.5 Å². The third-order valence-corrected chi connectivity index (χ3v) is 4.61. The van der Waals surface area contributed by atoms with Crippen LogP contribution in [0.3, 0.4) is 0 Å². The first-order chi connectivity index (χ1) is 13.6. The number of hydrogen-bond acceptors (Lipinski definition) is 3. The molecule has 29 heavy (non-hydrogen) atoms. The summed E-state index contributed by atoms with van der Waals surface area (Å²) in [5.41, 5.74) is 0.0451. The van der Waals surface area contributed by atoms with Crippen molar-refractivity contribution in [1.29, 1.82) is 0 Å². The van der Waals surface area contributed by atoms with E-state index >= 15 is 0 Å². The van der Waals surface area contributed by atoms with Crippen molar-refractivity contribution in [3.05, 3.63) is 71.3 Å². The van der Waals surface area contributed by atoms with Crippen LogP contribution >= 0.6 is 0 Å². The van der Waals surface area contributed by atoms with E-state index in [2.05, 4.69) is 0 Å². The van der Waals surface area contributed by atoms with Crippen molar-refractivity contribution in [3.8, 4) is 0 Å². The fraction of sp³-hybridized carbons (Fsp3) is 0.300.